The molecule has 2 heterocycles. The molecule has 0 N–H and O–H groups in total. The van der Waals surface area contributed by atoms with Crippen LogP contribution in [0, 0.1) is 5.82 Å². The van der Waals surface area contributed by atoms with Crippen LogP contribution in [0.4, 0.5) is 10.3 Å². The lowest BCUT2D eigenvalue weighted by atomic mass is 10.1. The van der Waals surface area contributed by atoms with E-state index in [9.17, 15) is 4.39 Å². The van der Waals surface area contributed by atoms with Gasteiger partial charge in [-0.3, -0.25) is 4.98 Å². The summed E-state index contributed by atoms with van der Waals surface area (Å²) in [6, 6.07) is 14.3. The average Bonchev–Trinajstić information content (AvgIpc) is 2.69. The highest BCUT2D eigenvalue weighted by Gasteiger charge is 2.10. The summed E-state index contributed by atoms with van der Waals surface area (Å²) < 4.78 is 13.1. The summed E-state index contributed by atoms with van der Waals surface area (Å²) in [6.45, 7) is 0.635. The van der Waals surface area contributed by atoms with Crippen LogP contribution >= 0.6 is 0 Å². The summed E-state index contributed by atoms with van der Waals surface area (Å²) in [5, 5.41) is 10.4. The first kappa shape index (κ1) is 16.1. The lowest BCUT2D eigenvalue weighted by molar-refractivity contribution is 0.628. The molecule has 6 heteroatoms. The van der Waals surface area contributed by atoms with Crippen molar-refractivity contribution < 1.29 is 4.39 Å². The normalized spacial score (nSPS) is 10.8. The first-order valence-corrected chi connectivity index (χ1v) is 8.19. The highest BCUT2D eigenvalue weighted by atomic mass is 19.1. The van der Waals surface area contributed by atoms with Crippen LogP contribution < -0.4 is 4.90 Å². The van der Waals surface area contributed by atoms with E-state index in [1.807, 2.05) is 36.3 Å². The fourth-order valence-corrected chi connectivity index (χ4v) is 2.87. The Hall–Kier alpha value is -3.41. The molecule has 0 bridgehead atoms. The van der Waals surface area contributed by atoms with Crippen molar-refractivity contribution in [3.63, 3.8) is 0 Å². The van der Waals surface area contributed by atoms with Gasteiger partial charge in [-0.15, -0.1) is 5.10 Å². The summed E-state index contributed by atoms with van der Waals surface area (Å²) in [5.41, 5.74) is 2.61. The SMILES string of the molecule is CN(Cc1cccc2cnccc12)c1nncc(-c2ccc(F)cc2)n1. The number of rotatable bonds is 4. The smallest absolute Gasteiger partial charge is 0.245 e. The largest absolute Gasteiger partial charge is 0.338 e. The van der Waals surface area contributed by atoms with Crippen LogP contribution in [-0.2, 0) is 6.54 Å². The van der Waals surface area contributed by atoms with Crippen LogP contribution in [0.15, 0.2) is 67.1 Å². The van der Waals surface area contributed by atoms with Crippen molar-refractivity contribution in [3.05, 3.63) is 78.5 Å². The van der Waals surface area contributed by atoms with E-state index in [-0.39, 0.29) is 5.82 Å². The van der Waals surface area contributed by atoms with E-state index in [1.165, 1.54) is 12.1 Å². The Morgan fingerprint density at radius 3 is 2.69 bits per heavy atom. The average molecular weight is 345 g/mol. The molecular weight excluding hydrogens is 329 g/mol. The van der Waals surface area contributed by atoms with Crippen molar-refractivity contribution in [2.75, 3.05) is 11.9 Å². The zero-order valence-corrected chi connectivity index (χ0v) is 14.2. The number of pyridine rings is 1. The van der Waals surface area contributed by atoms with Crippen LogP contribution in [-0.4, -0.2) is 27.2 Å². The van der Waals surface area contributed by atoms with E-state index in [0.717, 1.165) is 21.9 Å². The van der Waals surface area contributed by atoms with Gasteiger partial charge in [-0.1, -0.05) is 18.2 Å². The minimum Gasteiger partial charge on any atom is -0.338 e. The first-order valence-electron chi connectivity index (χ1n) is 8.19. The van der Waals surface area contributed by atoms with Crippen LogP contribution in [0.2, 0.25) is 0 Å². The molecular formula is C20H16FN5. The molecule has 0 aliphatic carbocycles. The number of benzene rings is 2. The van der Waals surface area contributed by atoms with Gasteiger partial charge in [0.1, 0.15) is 5.82 Å². The van der Waals surface area contributed by atoms with Gasteiger partial charge in [-0.2, -0.15) is 5.10 Å². The molecule has 0 aliphatic heterocycles. The first-order chi connectivity index (χ1) is 12.7. The Morgan fingerprint density at radius 1 is 1.00 bits per heavy atom. The van der Waals surface area contributed by atoms with Crippen LogP contribution in [0.25, 0.3) is 22.0 Å². The molecule has 0 atom stereocenters. The number of hydrogen-bond donors (Lipinski definition) is 0. The number of nitrogens with zero attached hydrogens (tertiary/aromatic N) is 5. The molecule has 0 amide bonds. The summed E-state index contributed by atoms with van der Waals surface area (Å²) in [6.07, 6.45) is 5.22. The quantitative estimate of drug-likeness (QED) is 0.562. The molecule has 128 valence electrons. The zero-order valence-electron chi connectivity index (χ0n) is 14.2. The van der Waals surface area contributed by atoms with Crippen molar-refractivity contribution in [2.24, 2.45) is 0 Å². The molecule has 2 aromatic heterocycles. The maximum absolute atomic E-state index is 13.1. The Labute approximate surface area is 150 Å². The number of fused-ring (bicyclic) bond motifs is 1. The van der Waals surface area contributed by atoms with Crippen molar-refractivity contribution >= 4 is 16.7 Å². The lowest BCUT2D eigenvalue weighted by Crippen LogP contribution is -2.20. The fourth-order valence-electron chi connectivity index (χ4n) is 2.87. The monoisotopic (exact) mass is 345 g/mol. The van der Waals surface area contributed by atoms with Crippen molar-refractivity contribution in [1.82, 2.24) is 20.2 Å². The highest BCUT2D eigenvalue weighted by Crippen LogP contribution is 2.22. The standard InChI is InChI=1S/C20H16FN5/c1-26(13-16-4-2-3-15-11-22-10-9-18(15)16)20-24-19(12-23-25-20)14-5-7-17(21)8-6-14/h2-12H,13H2,1H3. The number of aromatic nitrogens is 4. The second kappa shape index (κ2) is 6.84. The Morgan fingerprint density at radius 2 is 1.85 bits per heavy atom. The van der Waals surface area contributed by atoms with Gasteiger partial charge in [0.15, 0.2) is 0 Å². The Balaban J connectivity index is 1.63. The van der Waals surface area contributed by atoms with Gasteiger partial charge < -0.3 is 4.90 Å². The summed E-state index contributed by atoms with van der Waals surface area (Å²) in [7, 11) is 1.92. The van der Waals surface area contributed by atoms with E-state index < -0.39 is 0 Å². The van der Waals surface area contributed by atoms with E-state index in [2.05, 4.69) is 26.2 Å². The van der Waals surface area contributed by atoms with Gasteiger partial charge in [0, 0.05) is 36.9 Å². The van der Waals surface area contributed by atoms with Gasteiger partial charge in [-0.05, 0) is 41.3 Å². The molecule has 26 heavy (non-hydrogen) atoms. The predicted molar refractivity (Wildman–Crippen MR) is 99.1 cm³/mol. The van der Waals surface area contributed by atoms with Crippen molar-refractivity contribution in [1.29, 1.82) is 0 Å². The number of hydrogen-bond acceptors (Lipinski definition) is 5. The third kappa shape index (κ3) is 3.21. The molecule has 0 unspecified atom stereocenters. The van der Waals surface area contributed by atoms with E-state index >= 15 is 0 Å². The van der Waals surface area contributed by atoms with Gasteiger partial charge in [-0.25, -0.2) is 9.37 Å². The van der Waals surface area contributed by atoms with Gasteiger partial charge in [0.2, 0.25) is 5.95 Å². The van der Waals surface area contributed by atoms with Crippen molar-refractivity contribution in [3.8, 4) is 11.3 Å². The third-order valence-electron chi connectivity index (χ3n) is 4.21. The van der Waals surface area contributed by atoms with Crippen LogP contribution in [0.3, 0.4) is 0 Å². The van der Waals surface area contributed by atoms with E-state index in [1.54, 1.807) is 24.5 Å². The molecule has 0 aliphatic rings. The summed E-state index contributed by atoms with van der Waals surface area (Å²) in [4.78, 5) is 10.7. The molecule has 0 spiro atoms. The molecule has 2 aromatic carbocycles. The molecule has 0 saturated carbocycles. The molecule has 0 saturated heterocycles. The molecule has 4 rings (SSSR count). The number of halogens is 1. The second-order valence-corrected chi connectivity index (χ2v) is 6.02. The topological polar surface area (TPSA) is 54.8 Å². The minimum absolute atomic E-state index is 0.279. The van der Waals surface area contributed by atoms with Crippen LogP contribution in [0.5, 0.6) is 0 Å². The Bertz CT molecular complexity index is 1040. The van der Waals surface area contributed by atoms with Gasteiger partial charge in [0.05, 0.1) is 11.9 Å². The highest BCUT2D eigenvalue weighted by molar-refractivity contribution is 5.84. The molecule has 4 aromatic rings. The second-order valence-electron chi connectivity index (χ2n) is 6.02. The third-order valence-corrected chi connectivity index (χ3v) is 4.21. The molecule has 5 nitrogen and oxygen atoms in total. The molecule has 0 radical (unpaired) electrons. The van der Waals surface area contributed by atoms with Gasteiger partial charge in [0.25, 0.3) is 0 Å². The van der Waals surface area contributed by atoms with E-state index in [0.29, 0.717) is 18.2 Å². The predicted octanol–water partition coefficient (Wildman–Crippen LogP) is 3.86. The van der Waals surface area contributed by atoms with Crippen LogP contribution in [0.1, 0.15) is 5.56 Å². The maximum atomic E-state index is 13.1. The lowest BCUT2D eigenvalue weighted by Gasteiger charge is -2.18. The van der Waals surface area contributed by atoms with E-state index in [4.69, 9.17) is 0 Å². The molecule has 0 fully saturated rings. The summed E-state index contributed by atoms with van der Waals surface area (Å²) >= 11 is 0. The van der Waals surface area contributed by atoms with Crippen molar-refractivity contribution in [2.45, 2.75) is 6.54 Å². The zero-order chi connectivity index (χ0) is 17.9. The number of anilines is 1. The minimum atomic E-state index is -0.279. The van der Waals surface area contributed by atoms with Gasteiger partial charge >= 0.3 is 0 Å². The Kier molecular flexibility index (Phi) is 4.23. The maximum Gasteiger partial charge on any atom is 0.245 e. The summed E-state index contributed by atoms with van der Waals surface area (Å²) in [5.74, 6) is 0.233. The fraction of sp³-hybridized carbons (Fsp3) is 0.100.